The topological polar surface area (TPSA) is 38.9 Å². The molecular weight excluding hydrogens is 304 g/mol. The molecule has 1 aromatic carbocycles. The molecule has 2 aromatic heterocycles. The quantitative estimate of drug-likeness (QED) is 0.695. The van der Waals surface area contributed by atoms with Gasteiger partial charge in [0.1, 0.15) is 18.2 Å². The molecule has 0 saturated carbocycles. The number of fused-ring (bicyclic) bond motifs is 1. The highest BCUT2D eigenvalue weighted by molar-refractivity contribution is 9.10. The number of benzene rings is 1. The third-order valence-electron chi connectivity index (χ3n) is 3.10. The summed E-state index contributed by atoms with van der Waals surface area (Å²) in [5.74, 6) is 0.341. The summed E-state index contributed by atoms with van der Waals surface area (Å²) in [6.45, 7) is 4.22. The molecule has 19 heavy (non-hydrogen) atoms. The van der Waals surface area contributed by atoms with Crippen LogP contribution < -0.4 is 0 Å². The van der Waals surface area contributed by atoms with Gasteiger partial charge in [0.25, 0.3) is 0 Å². The normalized spacial score (nSPS) is 11.4. The van der Waals surface area contributed by atoms with Crippen LogP contribution in [0.3, 0.4) is 0 Å². The second-order valence-corrected chi connectivity index (χ2v) is 5.50. The lowest BCUT2D eigenvalue weighted by atomic mass is 10.00. The summed E-state index contributed by atoms with van der Waals surface area (Å²) in [6.07, 6.45) is 4.75. The minimum atomic E-state index is 0.341. The van der Waals surface area contributed by atoms with Crippen molar-refractivity contribution in [3.8, 4) is 11.3 Å². The number of aromatic nitrogens is 2. The predicted octanol–water partition coefficient (Wildman–Crippen LogP) is 4.58. The first-order valence-corrected chi connectivity index (χ1v) is 6.88. The largest absolute Gasteiger partial charge is 0.364 e. The lowest BCUT2D eigenvalue weighted by molar-refractivity contribution is 0.420. The molecule has 0 aliphatic carbocycles. The number of hydrogen-bond acceptors (Lipinski definition) is 3. The maximum absolute atomic E-state index is 5.11. The minimum absolute atomic E-state index is 0.341. The number of nitrogens with zero attached hydrogens (tertiary/aromatic N) is 2. The second-order valence-electron chi connectivity index (χ2n) is 4.70. The first-order chi connectivity index (χ1) is 9.18. The van der Waals surface area contributed by atoms with Crippen LogP contribution in [0.1, 0.15) is 25.3 Å². The summed E-state index contributed by atoms with van der Waals surface area (Å²) in [5, 5.41) is 5.15. The molecule has 0 aliphatic rings. The fourth-order valence-corrected chi connectivity index (χ4v) is 2.67. The van der Waals surface area contributed by atoms with Crippen molar-refractivity contribution in [1.82, 2.24) is 10.1 Å². The Labute approximate surface area is 119 Å². The highest BCUT2D eigenvalue weighted by Gasteiger charge is 2.17. The minimum Gasteiger partial charge on any atom is -0.364 e. The first kappa shape index (κ1) is 12.4. The fourth-order valence-electron chi connectivity index (χ4n) is 2.06. The summed E-state index contributed by atoms with van der Waals surface area (Å²) in [7, 11) is 0. The van der Waals surface area contributed by atoms with Gasteiger partial charge in [-0.25, -0.2) is 4.98 Å². The van der Waals surface area contributed by atoms with E-state index in [0.29, 0.717) is 5.92 Å². The molecular formula is C15H12BrN2O. The zero-order valence-corrected chi connectivity index (χ0v) is 12.2. The zero-order valence-electron chi connectivity index (χ0n) is 10.6. The van der Waals surface area contributed by atoms with Crippen molar-refractivity contribution in [1.29, 1.82) is 0 Å². The van der Waals surface area contributed by atoms with Crippen LogP contribution in [0.15, 0.2) is 39.5 Å². The van der Waals surface area contributed by atoms with Gasteiger partial charge in [0.05, 0.1) is 5.52 Å². The van der Waals surface area contributed by atoms with Crippen LogP contribution in [-0.2, 0) is 0 Å². The van der Waals surface area contributed by atoms with E-state index in [2.05, 4.69) is 46.1 Å². The number of rotatable bonds is 2. The van der Waals surface area contributed by atoms with Gasteiger partial charge in [0.15, 0.2) is 0 Å². The number of pyridine rings is 1. The molecule has 0 spiro atoms. The Hall–Kier alpha value is -1.68. The predicted molar refractivity (Wildman–Crippen MR) is 77.9 cm³/mol. The van der Waals surface area contributed by atoms with E-state index >= 15 is 0 Å². The van der Waals surface area contributed by atoms with Gasteiger partial charge in [-0.15, -0.1) is 0 Å². The van der Waals surface area contributed by atoms with Crippen molar-refractivity contribution in [2.75, 3.05) is 0 Å². The van der Waals surface area contributed by atoms with Crippen LogP contribution in [0.2, 0.25) is 0 Å². The summed E-state index contributed by atoms with van der Waals surface area (Å²) in [4.78, 5) is 4.36. The average Bonchev–Trinajstić information content (AvgIpc) is 2.89. The van der Waals surface area contributed by atoms with E-state index in [4.69, 9.17) is 4.52 Å². The molecule has 0 N–H and O–H groups in total. The number of hydrogen-bond donors (Lipinski definition) is 0. The van der Waals surface area contributed by atoms with Crippen molar-refractivity contribution >= 4 is 26.8 Å². The molecule has 0 saturated heterocycles. The highest BCUT2D eigenvalue weighted by atomic mass is 79.9. The Morgan fingerprint density at radius 1 is 1.26 bits per heavy atom. The van der Waals surface area contributed by atoms with Gasteiger partial charge in [0, 0.05) is 21.0 Å². The third kappa shape index (κ3) is 2.06. The molecule has 3 rings (SSSR count). The fraction of sp³-hybridized carbons (Fsp3) is 0.200. The van der Waals surface area contributed by atoms with E-state index < -0.39 is 0 Å². The van der Waals surface area contributed by atoms with Crippen LogP contribution in [0.5, 0.6) is 0 Å². The van der Waals surface area contributed by atoms with Gasteiger partial charge in [-0.2, -0.15) is 0 Å². The lowest BCUT2D eigenvalue weighted by Gasteiger charge is -2.07. The Morgan fingerprint density at radius 3 is 2.84 bits per heavy atom. The standard InChI is InChI=1S/C15H12BrN2O/c1-9(2)12-8-19-18-15(12)11-7-17-13-6-4-3-5-10(13)14(11)16/h3-6,8-9H,1-2H3. The Balaban J connectivity index is 2.26. The molecule has 2 heterocycles. The van der Waals surface area contributed by atoms with Crippen molar-refractivity contribution in [3.63, 3.8) is 0 Å². The van der Waals surface area contributed by atoms with Gasteiger partial charge in [-0.1, -0.05) is 37.2 Å². The molecule has 0 amide bonds. The van der Waals surface area contributed by atoms with Crippen LogP contribution in [0.25, 0.3) is 22.2 Å². The van der Waals surface area contributed by atoms with Crippen LogP contribution in [0, 0.1) is 6.20 Å². The number of halogens is 1. The maximum atomic E-state index is 5.11. The van der Waals surface area contributed by atoms with E-state index in [1.807, 2.05) is 24.3 Å². The van der Waals surface area contributed by atoms with Gasteiger partial charge in [-0.3, -0.25) is 0 Å². The van der Waals surface area contributed by atoms with Crippen molar-refractivity contribution in [3.05, 3.63) is 46.8 Å². The van der Waals surface area contributed by atoms with E-state index in [0.717, 1.165) is 32.2 Å². The molecule has 95 valence electrons. The Kier molecular flexibility index (Phi) is 3.11. The Bertz CT molecular complexity index is 734. The highest BCUT2D eigenvalue weighted by Crippen LogP contribution is 2.35. The summed E-state index contributed by atoms with van der Waals surface area (Å²) >= 11 is 3.63. The van der Waals surface area contributed by atoms with Gasteiger partial charge in [-0.05, 0) is 27.9 Å². The van der Waals surface area contributed by atoms with Crippen LogP contribution in [-0.4, -0.2) is 10.1 Å². The van der Waals surface area contributed by atoms with E-state index in [9.17, 15) is 0 Å². The first-order valence-electron chi connectivity index (χ1n) is 6.09. The van der Waals surface area contributed by atoms with E-state index in [1.165, 1.54) is 0 Å². The van der Waals surface area contributed by atoms with Gasteiger partial charge >= 0.3 is 0 Å². The molecule has 0 aliphatic heterocycles. The van der Waals surface area contributed by atoms with Gasteiger partial charge < -0.3 is 4.52 Å². The Morgan fingerprint density at radius 2 is 2.05 bits per heavy atom. The summed E-state index contributed by atoms with van der Waals surface area (Å²) < 4.78 is 6.06. The maximum Gasteiger partial charge on any atom is 0.127 e. The molecule has 0 unspecified atom stereocenters. The molecule has 0 fully saturated rings. The van der Waals surface area contributed by atoms with Gasteiger partial charge in [0.2, 0.25) is 0 Å². The summed E-state index contributed by atoms with van der Waals surface area (Å²) in [5.41, 5.74) is 3.62. The molecule has 3 nitrogen and oxygen atoms in total. The zero-order chi connectivity index (χ0) is 13.4. The van der Waals surface area contributed by atoms with Crippen LogP contribution >= 0.6 is 15.9 Å². The van der Waals surface area contributed by atoms with Crippen LogP contribution in [0.4, 0.5) is 0 Å². The van der Waals surface area contributed by atoms with Crippen molar-refractivity contribution < 1.29 is 4.52 Å². The molecule has 4 heteroatoms. The molecule has 0 bridgehead atoms. The smallest absolute Gasteiger partial charge is 0.127 e. The lowest BCUT2D eigenvalue weighted by Crippen LogP contribution is -1.92. The monoisotopic (exact) mass is 315 g/mol. The third-order valence-corrected chi connectivity index (χ3v) is 3.93. The SMILES string of the molecule is CC(C)c1conc1-c1[c]nc2ccccc2c1Br. The van der Waals surface area contributed by atoms with Crippen molar-refractivity contribution in [2.24, 2.45) is 0 Å². The average molecular weight is 316 g/mol. The summed E-state index contributed by atoms with van der Waals surface area (Å²) in [6, 6.07) is 7.95. The molecule has 3 aromatic rings. The molecule has 1 radical (unpaired) electrons. The second kappa shape index (κ2) is 4.78. The number of para-hydroxylation sites is 1. The van der Waals surface area contributed by atoms with Crippen molar-refractivity contribution in [2.45, 2.75) is 19.8 Å². The van der Waals surface area contributed by atoms with E-state index in [-0.39, 0.29) is 0 Å². The van der Waals surface area contributed by atoms with E-state index in [1.54, 1.807) is 6.26 Å². The molecule has 0 atom stereocenters.